The number of fused-ring (bicyclic) bond motifs is 4. The molecule has 2 aliphatic carbocycles. The van der Waals surface area contributed by atoms with Crippen molar-refractivity contribution in [3.05, 3.63) is 59.7 Å². The fourth-order valence-electron chi connectivity index (χ4n) is 5.54. The Kier molecular flexibility index (Phi) is 5.92. The molecule has 1 aliphatic heterocycles. The second kappa shape index (κ2) is 9.05. The molecule has 2 atom stereocenters. The number of carbonyl (C=O) groups is 4. The molecule has 3 amide bonds. The quantitative estimate of drug-likeness (QED) is 0.561. The smallest absolute Gasteiger partial charge is 0.407 e. The van der Waals surface area contributed by atoms with Gasteiger partial charge < -0.3 is 25.4 Å². The Morgan fingerprint density at radius 1 is 0.971 bits per heavy atom. The molecule has 2 fully saturated rings. The van der Waals surface area contributed by atoms with Crippen LogP contribution in [0.25, 0.3) is 11.1 Å². The van der Waals surface area contributed by atoms with Gasteiger partial charge in [-0.25, -0.2) is 9.59 Å². The second-order valence-corrected chi connectivity index (χ2v) is 9.27. The number of carbonyl (C=O) groups excluding carboxylic acids is 3. The van der Waals surface area contributed by atoms with Crippen molar-refractivity contribution in [3.63, 3.8) is 0 Å². The van der Waals surface area contributed by atoms with E-state index >= 15 is 0 Å². The van der Waals surface area contributed by atoms with Gasteiger partial charge in [-0.3, -0.25) is 9.59 Å². The largest absolute Gasteiger partial charge is 0.479 e. The Hall–Kier alpha value is -3.88. The molecule has 3 N–H and O–H groups in total. The monoisotopic (exact) mass is 477 g/mol. The molecule has 0 bridgehead atoms. The number of carboxylic acid groups (broad SMARTS) is 1. The summed E-state index contributed by atoms with van der Waals surface area (Å²) >= 11 is 0. The number of benzene rings is 2. The highest BCUT2D eigenvalue weighted by molar-refractivity contribution is 5.93. The molecule has 0 unspecified atom stereocenters. The van der Waals surface area contributed by atoms with Gasteiger partial charge in [0.05, 0.1) is 6.54 Å². The molecule has 0 radical (unpaired) electrons. The number of carboxylic acids is 1. The van der Waals surface area contributed by atoms with E-state index in [0.717, 1.165) is 35.1 Å². The summed E-state index contributed by atoms with van der Waals surface area (Å²) < 4.78 is 5.40. The molecule has 0 aromatic heterocycles. The van der Waals surface area contributed by atoms with Crippen LogP contribution < -0.4 is 10.6 Å². The fraction of sp³-hybridized carbons (Fsp3) is 0.385. The lowest BCUT2D eigenvalue weighted by Gasteiger charge is -2.33. The lowest BCUT2D eigenvalue weighted by atomic mass is 9.98. The van der Waals surface area contributed by atoms with Gasteiger partial charge in [-0.1, -0.05) is 48.5 Å². The lowest BCUT2D eigenvalue weighted by Crippen LogP contribution is -2.54. The molecule has 2 aromatic carbocycles. The number of amides is 3. The van der Waals surface area contributed by atoms with Crippen LogP contribution in [-0.4, -0.2) is 65.7 Å². The maximum atomic E-state index is 12.6. The van der Waals surface area contributed by atoms with Gasteiger partial charge in [-0.2, -0.15) is 0 Å². The first-order valence-electron chi connectivity index (χ1n) is 11.8. The molecule has 1 heterocycles. The van der Waals surface area contributed by atoms with Gasteiger partial charge in [0.25, 0.3) is 0 Å². The predicted molar refractivity (Wildman–Crippen MR) is 126 cm³/mol. The highest BCUT2D eigenvalue weighted by atomic mass is 16.5. The van der Waals surface area contributed by atoms with Crippen LogP contribution in [0.5, 0.6) is 0 Å². The SMILES string of the molecule is O=C(CNC(=O)OCC1c2ccccc2-c2ccccc21)NCC(=O)N1CCC[C@H]2C[C@]21C(=O)O. The van der Waals surface area contributed by atoms with Crippen molar-refractivity contribution in [2.45, 2.75) is 30.7 Å². The highest BCUT2D eigenvalue weighted by Crippen LogP contribution is 2.54. The number of rotatable bonds is 7. The molecular weight excluding hydrogens is 450 g/mol. The average Bonchev–Trinajstić information content (AvgIpc) is 3.55. The van der Waals surface area contributed by atoms with Crippen LogP contribution in [0.1, 0.15) is 36.3 Å². The highest BCUT2D eigenvalue weighted by Gasteiger charge is 2.66. The number of nitrogens with one attached hydrogen (secondary N) is 2. The minimum Gasteiger partial charge on any atom is -0.479 e. The zero-order chi connectivity index (χ0) is 24.6. The van der Waals surface area contributed by atoms with E-state index in [4.69, 9.17) is 4.74 Å². The molecule has 2 aromatic rings. The third-order valence-electron chi connectivity index (χ3n) is 7.33. The van der Waals surface area contributed by atoms with Gasteiger partial charge in [0.1, 0.15) is 18.7 Å². The average molecular weight is 478 g/mol. The van der Waals surface area contributed by atoms with Crippen LogP contribution in [0.3, 0.4) is 0 Å². The van der Waals surface area contributed by atoms with Crippen molar-refractivity contribution < 1.29 is 29.0 Å². The summed E-state index contributed by atoms with van der Waals surface area (Å²) in [6, 6.07) is 16.0. The Morgan fingerprint density at radius 2 is 1.63 bits per heavy atom. The number of hydrogen-bond donors (Lipinski definition) is 3. The Balaban J connectivity index is 1.09. The molecule has 1 saturated carbocycles. The Bertz CT molecular complexity index is 1150. The van der Waals surface area contributed by atoms with Crippen LogP contribution in [0.15, 0.2) is 48.5 Å². The zero-order valence-corrected chi connectivity index (χ0v) is 19.2. The Labute approximate surface area is 202 Å². The third-order valence-corrected chi connectivity index (χ3v) is 7.33. The molecule has 5 rings (SSSR count). The summed E-state index contributed by atoms with van der Waals surface area (Å²) in [6.45, 7) is -0.160. The molecule has 35 heavy (non-hydrogen) atoms. The lowest BCUT2D eigenvalue weighted by molar-refractivity contribution is -0.154. The minimum absolute atomic E-state index is 0.0105. The number of nitrogens with zero attached hydrogens (tertiary/aromatic N) is 1. The van der Waals surface area contributed by atoms with Gasteiger partial charge in [0.15, 0.2) is 0 Å². The van der Waals surface area contributed by atoms with Crippen molar-refractivity contribution in [2.24, 2.45) is 5.92 Å². The number of piperidine rings is 1. The maximum absolute atomic E-state index is 12.6. The van der Waals surface area contributed by atoms with Gasteiger partial charge in [-0.15, -0.1) is 0 Å². The molecule has 182 valence electrons. The first-order valence-corrected chi connectivity index (χ1v) is 11.8. The van der Waals surface area contributed by atoms with Crippen molar-refractivity contribution >= 4 is 23.9 Å². The topological polar surface area (TPSA) is 125 Å². The van der Waals surface area contributed by atoms with Crippen LogP contribution >= 0.6 is 0 Å². The van der Waals surface area contributed by atoms with Crippen molar-refractivity contribution in [1.82, 2.24) is 15.5 Å². The standard InChI is InChI=1S/C26H27N3O6/c30-22(27-14-23(31)29-11-5-6-16-12-26(16,29)24(32)33)13-28-25(34)35-15-21-19-9-3-1-7-17(19)18-8-2-4-10-20(18)21/h1-4,7-10,16,21H,5-6,11-15H2,(H,27,30)(H,28,34)(H,32,33)/t16-,26+/m0/s1. The van der Waals surface area contributed by atoms with E-state index in [1.54, 1.807) is 0 Å². The van der Waals surface area contributed by atoms with Crippen LogP contribution in [0.4, 0.5) is 4.79 Å². The molecule has 1 saturated heterocycles. The maximum Gasteiger partial charge on any atom is 0.407 e. The van der Waals surface area contributed by atoms with Crippen molar-refractivity contribution in [2.75, 3.05) is 26.2 Å². The van der Waals surface area contributed by atoms with Crippen LogP contribution in [0.2, 0.25) is 0 Å². The summed E-state index contributed by atoms with van der Waals surface area (Å²) in [7, 11) is 0. The number of aliphatic carboxylic acids is 1. The van der Waals surface area contributed by atoms with Crippen LogP contribution in [0, 0.1) is 5.92 Å². The summed E-state index contributed by atoms with van der Waals surface area (Å²) in [6.07, 6.45) is 1.29. The first kappa shape index (κ1) is 22.9. The summed E-state index contributed by atoms with van der Waals surface area (Å²) in [5, 5.41) is 14.4. The van der Waals surface area contributed by atoms with Gasteiger partial charge >= 0.3 is 12.1 Å². The normalized spacial score (nSPS) is 21.8. The number of alkyl carbamates (subject to hydrolysis) is 1. The van der Waals surface area contributed by atoms with Crippen LogP contribution in [-0.2, 0) is 19.1 Å². The van der Waals surface area contributed by atoms with E-state index < -0.39 is 29.4 Å². The molecule has 3 aliphatic rings. The fourth-order valence-corrected chi connectivity index (χ4v) is 5.54. The predicted octanol–water partition coefficient (Wildman–Crippen LogP) is 2.11. The molecule has 0 spiro atoms. The van der Waals surface area contributed by atoms with E-state index in [0.29, 0.717) is 13.0 Å². The summed E-state index contributed by atoms with van der Waals surface area (Å²) in [5.74, 6) is -2.07. The summed E-state index contributed by atoms with van der Waals surface area (Å²) in [4.78, 5) is 50.0. The van der Waals surface area contributed by atoms with Crippen molar-refractivity contribution in [1.29, 1.82) is 0 Å². The van der Waals surface area contributed by atoms with Gasteiger partial charge in [-0.05, 0) is 47.4 Å². The zero-order valence-electron chi connectivity index (χ0n) is 19.2. The van der Waals surface area contributed by atoms with Gasteiger partial charge in [0.2, 0.25) is 11.8 Å². The van der Waals surface area contributed by atoms with E-state index in [-0.39, 0.29) is 31.5 Å². The summed E-state index contributed by atoms with van der Waals surface area (Å²) in [5.41, 5.74) is 3.31. The minimum atomic E-state index is -1.11. The molecular formula is C26H27N3O6. The van der Waals surface area contributed by atoms with E-state index in [1.165, 1.54) is 4.90 Å². The first-order chi connectivity index (χ1) is 16.9. The Morgan fingerprint density at radius 3 is 2.29 bits per heavy atom. The molecule has 9 heteroatoms. The van der Waals surface area contributed by atoms with Gasteiger partial charge in [0, 0.05) is 12.5 Å². The van der Waals surface area contributed by atoms with Crippen molar-refractivity contribution in [3.8, 4) is 11.1 Å². The van der Waals surface area contributed by atoms with E-state index in [1.807, 2.05) is 48.5 Å². The number of likely N-dealkylation sites (tertiary alicyclic amines) is 1. The third kappa shape index (κ3) is 4.11. The number of ether oxygens (including phenoxy) is 1. The number of hydrogen-bond acceptors (Lipinski definition) is 5. The molecule has 9 nitrogen and oxygen atoms in total. The van der Waals surface area contributed by atoms with E-state index in [9.17, 15) is 24.3 Å². The second-order valence-electron chi connectivity index (χ2n) is 9.27. The van der Waals surface area contributed by atoms with E-state index in [2.05, 4.69) is 10.6 Å².